The molecule has 2 aromatic heterocycles. The average Bonchev–Trinajstić information content (AvgIpc) is 2.83. The molecule has 0 radical (unpaired) electrons. The van der Waals surface area contributed by atoms with Crippen LogP contribution in [0, 0.1) is 0 Å². The SMILES string of the molecule is CCCCCOc1ccccc1Nc1nc(Nc2cccnc2)cc2c1C(C=O)NC=C2. The lowest BCUT2D eigenvalue weighted by Gasteiger charge is -2.24. The van der Waals surface area contributed by atoms with Crippen LogP contribution in [0.15, 0.2) is 61.1 Å². The van der Waals surface area contributed by atoms with E-state index in [1.807, 2.05) is 48.5 Å². The van der Waals surface area contributed by atoms with Gasteiger partial charge in [-0.3, -0.25) is 4.98 Å². The summed E-state index contributed by atoms with van der Waals surface area (Å²) in [6.45, 7) is 2.82. The predicted molar refractivity (Wildman–Crippen MR) is 127 cm³/mol. The fraction of sp³-hybridized carbons (Fsp3) is 0.240. The number of aromatic nitrogens is 2. The number of rotatable bonds is 10. The third-order valence-corrected chi connectivity index (χ3v) is 5.16. The van der Waals surface area contributed by atoms with Crippen LogP contribution >= 0.6 is 0 Å². The summed E-state index contributed by atoms with van der Waals surface area (Å²) in [6, 6.07) is 13.0. The Balaban J connectivity index is 1.67. The molecule has 0 bridgehead atoms. The first kappa shape index (κ1) is 21.4. The fourth-order valence-corrected chi connectivity index (χ4v) is 3.57. The van der Waals surface area contributed by atoms with Gasteiger partial charge in [0.05, 0.1) is 24.2 Å². The van der Waals surface area contributed by atoms with Crippen molar-refractivity contribution in [2.75, 3.05) is 17.2 Å². The molecule has 0 amide bonds. The summed E-state index contributed by atoms with van der Waals surface area (Å²) in [7, 11) is 0. The molecule has 0 saturated carbocycles. The Morgan fingerprint density at radius 2 is 2.06 bits per heavy atom. The van der Waals surface area contributed by atoms with Gasteiger partial charge in [0.1, 0.15) is 29.7 Å². The van der Waals surface area contributed by atoms with Gasteiger partial charge in [-0.15, -0.1) is 0 Å². The normalized spacial score (nSPS) is 14.2. The molecule has 3 aromatic rings. The highest BCUT2D eigenvalue weighted by molar-refractivity contribution is 5.80. The number of benzene rings is 1. The van der Waals surface area contributed by atoms with Gasteiger partial charge in [-0.2, -0.15) is 0 Å². The van der Waals surface area contributed by atoms with Crippen LogP contribution in [-0.2, 0) is 4.79 Å². The Hall–Kier alpha value is -3.87. The number of fused-ring (bicyclic) bond motifs is 1. The Labute approximate surface area is 187 Å². The number of carbonyl (C=O) groups excluding carboxylic acids is 1. The van der Waals surface area contributed by atoms with Gasteiger partial charge in [-0.1, -0.05) is 31.9 Å². The van der Waals surface area contributed by atoms with Crippen molar-refractivity contribution in [3.63, 3.8) is 0 Å². The van der Waals surface area contributed by atoms with E-state index in [-0.39, 0.29) is 0 Å². The van der Waals surface area contributed by atoms with Gasteiger partial charge in [-0.05, 0) is 54.6 Å². The van der Waals surface area contributed by atoms with Crippen LogP contribution in [0.25, 0.3) is 6.08 Å². The molecule has 3 N–H and O–H groups in total. The van der Waals surface area contributed by atoms with E-state index in [9.17, 15) is 4.79 Å². The molecule has 0 fully saturated rings. The van der Waals surface area contributed by atoms with Crippen molar-refractivity contribution in [2.45, 2.75) is 32.2 Å². The van der Waals surface area contributed by atoms with E-state index < -0.39 is 6.04 Å². The molecule has 3 heterocycles. The molecule has 32 heavy (non-hydrogen) atoms. The number of aldehydes is 1. The molecule has 1 aliphatic rings. The number of para-hydroxylation sites is 2. The summed E-state index contributed by atoms with van der Waals surface area (Å²) in [5.74, 6) is 2.00. The first-order valence-electron chi connectivity index (χ1n) is 10.9. The van der Waals surface area contributed by atoms with Gasteiger partial charge in [0.15, 0.2) is 0 Å². The smallest absolute Gasteiger partial charge is 0.146 e. The molecule has 0 saturated heterocycles. The number of nitrogens with zero attached hydrogens (tertiary/aromatic N) is 2. The molecule has 1 aliphatic heterocycles. The first-order valence-corrected chi connectivity index (χ1v) is 10.9. The van der Waals surface area contributed by atoms with E-state index in [2.05, 4.69) is 27.9 Å². The number of hydrogen-bond donors (Lipinski definition) is 3. The van der Waals surface area contributed by atoms with Crippen LogP contribution in [0.1, 0.15) is 43.4 Å². The summed E-state index contributed by atoms with van der Waals surface area (Å²) in [5.41, 5.74) is 3.33. The maximum atomic E-state index is 11.8. The number of pyridine rings is 2. The van der Waals surface area contributed by atoms with Crippen LogP contribution in [0.4, 0.5) is 23.0 Å². The van der Waals surface area contributed by atoms with Crippen molar-refractivity contribution >= 4 is 35.4 Å². The molecule has 1 atom stereocenters. The highest BCUT2D eigenvalue weighted by atomic mass is 16.5. The van der Waals surface area contributed by atoms with E-state index in [4.69, 9.17) is 9.72 Å². The van der Waals surface area contributed by atoms with Gasteiger partial charge >= 0.3 is 0 Å². The second kappa shape index (κ2) is 10.4. The molecular formula is C25H27N5O2. The maximum Gasteiger partial charge on any atom is 0.146 e. The lowest BCUT2D eigenvalue weighted by atomic mass is 9.99. The van der Waals surface area contributed by atoms with Crippen molar-refractivity contribution in [2.24, 2.45) is 0 Å². The van der Waals surface area contributed by atoms with Crippen molar-refractivity contribution in [1.29, 1.82) is 0 Å². The number of hydrogen-bond acceptors (Lipinski definition) is 7. The Bertz CT molecular complexity index is 1080. The van der Waals surface area contributed by atoms with Gasteiger partial charge < -0.3 is 25.5 Å². The molecule has 7 heteroatoms. The van der Waals surface area contributed by atoms with Gasteiger partial charge in [0.2, 0.25) is 0 Å². The summed E-state index contributed by atoms with van der Waals surface area (Å²) >= 11 is 0. The van der Waals surface area contributed by atoms with Crippen molar-refractivity contribution < 1.29 is 9.53 Å². The highest BCUT2D eigenvalue weighted by Crippen LogP contribution is 2.35. The van der Waals surface area contributed by atoms with Crippen LogP contribution in [0.5, 0.6) is 5.75 Å². The van der Waals surface area contributed by atoms with E-state index in [0.29, 0.717) is 18.2 Å². The zero-order chi connectivity index (χ0) is 22.2. The lowest BCUT2D eigenvalue weighted by molar-refractivity contribution is -0.109. The van der Waals surface area contributed by atoms with Crippen molar-refractivity contribution in [3.05, 3.63) is 72.2 Å². The number of ether oxygens (including phenoxy) is 1. The van der Waals surface area contributed by atoms with Crippen LogP contribution in [-0.4, -0.2) is 22.9 Å². The minimum Gasteiger partial charge on any atom is -0.491 e. The largest absolute Gasteiger partial charge is 0.491 e. The third-order valence-electron chi connectivity index (χ3n) is 5.16. The van der Waals surface area contributed by atoms with E-state index >= 15 is 0 Å². The third kappa shape index (κ3) is 5.06. The standard InChI is InChI=1S/C25H27N5O2/c1-2-3-6-14-32-22-10-5-4-9-20(22)29-25-24-18(11-13-27-21(24)17-31)15-23(30-25)28-19-8-7-12-26-16-19/h4-5,7-13,15-17,21,27H,2-3,6,14H2,1H3,(H2,28,29,30). The van der Waals surface area contributed by atoms with Gasteiger partial charge in [0, 0.05) is 11.8 Å². The molecule has 0 aliphatic carbocycles. The predicted octanol–water partition coefficient (Wildman–Crippen LogP) is 5.35. The van der Waals surface area contributed by atoms with Crippen molar-refractivity contribution in [1.82, 2.24) is 15.3 Å². The quantitative estimate of drug-likeness (QED) is 0.296. The summed E-state index contributed by atoms with van der Waals surface area (Å²) in [4.78, 5) is 20.7. The molecule has 164 valence electrons. The van der Waals surface area contributed by atoms with Crippen LogP contribution < -0.4 is 20.7 Å². The second-order valence-electron chi connectivity index (χ2n) is 7.52. The minimum absolute atomic E-state index is 0.491. The van der Waals surface area contributed by atoms with Gasteiger partial charge in [0.25, 0.3) is 0 Å². The minimum atomic E-state index is -0.491. The Morgan fingerprint density at radius 3 is 2.88 bits per heavy atom. The molecule has 0 spiro atoms. The van der Waals surface area contributed by atoms with Gasteiger partial charge in [-0.25, -0.2) is 4.98 Å². The summed E-state index contributed by atoms with van der Waals surface area (Å²) in [5, 5.41) is 9.79. The summed E-state index contributed by atoms with van der Waals surface area (Å²) in [6.07, 6.45) is 11.3. The first-order chi connectivity index (χ1) is 15.8. The molecule has 4 rings (SSSR count). The number of carbonyl (C=O) groups is 1. The van der Waals surface area contributed by atoms with E-state index in [1.54, 1.807) is 18.6 Å². The van der Waals surface area contributed by atoms with Crippen LogP contribution in [0.3, 0.4) is 0 Å². The highest BCUT2D eigenvalue weighted by Gasteiger charge is 2.23. The number of nitrogens with one attached hydrogen (secondary N) is 3. The number of unbranched alkanes of at least 4 members (excludes halogenated alkanes) is 2. The molecule has 1 aromatic carbocycles. The Morgan fingerprint density at radius 1 is 1.16 bits per heavy atom. The average molecular weight is 430 g/mol. The monoisotopic (exact) mass is 429 g/mol. The number of anilines is 4. The van der Waals surface area contributed by atoms with Crippen LogP contribution in [0.2, 0.25) is 0 Å². The zero-order valence-electron chi connectivity index (χ0n) is 18.0. The topological polar surface area (TPSA) is 88.2 Å². The molecule has 7 nitrogen and oxygen atoms in total. The molecular weight excluding hydrogens is 402 g/mol. The molecule has 1 unspecified atom stereocenters. The zero-order valence-corrected chi connectivity index (χ0v) is 18.0. The van der Waals surface area contributed by atoms with Crippen molar-refractivity contribution in [3.8, 4) is 5.75 Å². The second-order valence-corrected chi connectivity index (χ2v) is 7.52. The van der Waals surface area contributed by atoms with E-state index in [0.717, 1.165) is 53.8 Å². The maximum absolute atomic E-state index is 11.8. The lowest BCUT2D eigenvalue weighted by Crippen LogP contribution is -2.23. The Kier molecular flexibility index (Phi) is 6.97. The fourth-order valence-electron chi connectivity index (χ4n) is 3.57. The van der Waals surface area contributed by atoms with E-state index in [1.165, 1.54) is 0 Å². The summed E-state index contributed by atoms with van der Waals surface area (Å²) < 4.78 is 6.02.